The molecule has 6 nitrogen and oxygen atoms in total. The summed E-state index contributed by atoms with van der Waals surface area (Å²) in [6.45, 7) is 7.22. The Morgan fingerprint density at radius 3 is 1.28 bits per heavy atom. The Hall–Kier alpha value is -1.67. The maximum Gasteiger partial charge on any atom is 0.429 e. The molecule has 0 radical (unpaired) electrons. The topological polar surface area (TPSA) is 63.2 Å². The van der Waals surface area contributed by atoms with E-state index < -0.39 is 121 Å². The van der Waals surface area contributed by atoms with Crippen LogP contribution in [0.1, 0.15) is 74.1 Å². The molecule has 0 spiro atoms. The van der Waals surface area contributed by atoms with Crippen molar-refractivity contribution in [1.82, 2.24) is 0 Å². The number of alkyl halides is 14. The molecule has 10 atom stereocenters. The van der Waals surface area contributed by atoms with E-state index >= 15 is 8.78 Å². The lowest BCUT2D eigenvalue weighted by Gasteiger charge is -2.50. The number of halogens is 14. The molecule has 0 amide bonds. The van der Waals surface area contributed by atoms with E-state index in [2.05, 4.69) is 18.9 Å². The Kier molecular flexibility index (Phi) is 13.2. The predicted octanol–water partition coefficient (Wildman–Crippen LogP) is 9.74. The van der Waals surface area contributed by atoms with Crippen molar-refractivity contribution in [2.24, 2.45) is 47.3 Å². The molecule has 0 aromatic heterocycles. The zero-order valence-electron chi connectivity index (χ0n) is 31.0. The average Bonchev–Trinajstić information content (AvgIpc) is 3.67. The van der Waals surface area contributed by atoms with Crippen LogP contribution in [0.25, 0.3) is 0 Å². The van der Waals surface area contributed by atoms with Gasteiger partial charge in [-0.3, -0.25) is 0 Å². The molecule has 4 bridgehead atoms. The monoisotopic (exact) mass is 818 g/mol. The lowest BCUT2D eigenvalue weighted by molar-refractivity contribution is -0.432. The van der Waals surface area contributed by atoms with Crippen LogP contribution in [0, 0.1) is 47.3 Å². The summed E-state index contributed by atoms with van der Waals surface area (Å²) in [6, 6.07) is 0. The van der Waals surface area contributed by atoms with Gasteiger partial charge in [0.1, 0.15) is 19.0 Å². The second kappa shape index (κ2) is 15.3. The van der Waals surface area contributed by atoms with E-state index in [0.29, 0.717) is 0 Å². The number of fused-ring (bicyclic) bond motifs is 4. The zero-order valence-corrected chi connectivity index (χ0v) is 31.0. The molecule has 0 aliphatic heterocycles. The van der Waals surface area contributed by atoms with E-state index in [1.807, 2.05) is 0 Å². The van der Waals surface area contributed by atoms with Crippen molar-refractivity contribution in [3.63, 3.8) is 0 Å². The van der Waals surface area contributed by atoms with Gasteiger partial charge in [0.2, 0.25) is 0 Å². The number of ether oxygens (including phenoxy) is 5. The van der Waals surface area contributed by atoms with Crippen LogP contribution in [0.4, 0.5) is 61.5 Å². The van der Waals surface area contributed by atoms with Crippen LogP contribution in [0.2, 0.25) is 0 Å². The van der Waals surface area contributed by atoms with Gasteiger partial charge in [-0.1, -0.05) is 27.7 Å². The maximum absolute atomic E-state index is 15.8. The highest BCUT2D eigenvalue weighted by atomic mass is 19.4. The molecular formula is C34H48F14O6. The first kappa shape index (κ1) is 46.7. The summed E-state index contributed by atoms with van der Waals surface area (Å²) < 4.78 is 219. The number of carbonyl (C=O) groups is 1. The summed E-state index contributed by atoms with van der Waals surface area (Å²) in [5.41, 5.74) is -18.5. The molecule has 10 unspecified atom stereocenters. The summed E-state index contributed by atoms with van der Waals surface area (Å²) in [5, 5.41) is 0. The number of rotatable bonds is 11. The van der Waals surface area contributed by atoms with Gasteiger partial charge in [-0.2, -0.15) is 52.7 Å². The predicted molar refractivity (Wildman–Crippen MR) is 162 cm³/mol. The molecule has 0 heterocycles. The Morgan fingerprint density at radius 1 is 0.611 bits per heavy atom. The highest BCUT2D eigenvalue weighted by molar-refractivity contribution is 5.71. The smallest absolute Gasteiger partial charge is 0.429 e. The van der Waals surface area contributed by atoms with Gasteiger partial charge in [0.25, 0.3) is 11.2 Å². The number of hydrogen-bond acceptors (Lipinski definition) is 6. The summed E-state index contributed by atoms with van der Waals surface area (Å²) in [7, 11) is 1.29. The van der Waals surface area contributed by atoms with Crippen molar-refractivity contribution in [3.05, 3.63) is 0 Å². The van der Waals surface area contributed by atoms with E-state index in [9.17, 15) is 57.5 Å². The molecule has 4 aliphatic carbocycles. The Labute approximate surface area is 304 Å². The zero-order chi connectivity index (χ0) is 41.9. The molecule has 4 fully saturated rings. The van der Waals surface area contributed by atoms with Crippen LogP contribution in [-0.2, 0) is 28.5 Å². The maximum atomic E-state index is 15.8. The molecule has 318 valence electrons. The lowest BCUT2D eigenvalue weighted by atomic mass is 9.66. The van der Waals surface area contributed by atoms with Crippen molar-refractivity contribution >= 4 is 5.97 Å². The highest BCUT2D eigenvalue weighted by Gasteiger charge is 2.87. The lowest BCUT2D eigenvalue weighted by Crippen LogP contribution is -2.73. The van der Waals surface area contributed by atoms with E-state index in [1.54, 1.807) is 13.8 Å². The molecule has 0 aromatic rings. The molecule has 54 heavy (non-hydrogen) atoms. The first-order valence-electron chi connectivity index (χ1n) is 17.4. The number of methoxy groups -OCH3 is 1. The third-order valence-electron chi connectivity index (χ3n) is 12.2. The summed E-state index contributed by atoms with van der Waals surface area (Å²) in [4.78, 5) is 11.8. The van der Waals surface area contributed by atoms with Gasteiger partial charge >= 0.3 is 30.7 Å². The quantitative estimate of drug-likeness (QED) is 0.0896. The van der Waals surface area contributed by atoms with Crippen LogP contribution in [0.5, 0.6) is 0 Å². The minimum Gasteiger partial charge on any atom is -0.458 e. The van der Waals surface area contributed by atoms with Crippen molar-refractivity contribution in [2.75, 3.05) is 33.7 Å². The van der Waals surface area contributed by atoms with Gasteiger partial charge in [-0.05, 0) is 93.8 Å². The SMILES string of the molecule is CC1C2CC(C1C)C(F)(C(OCC(=O)OC(C)(C)C)(C(F)(F)F)C(F)(F)F)C2.COCCOCOC(C(F)(F)F)(C(F)(F)F)C1(F)CC2CC1C(C)C2C. The van der Waals surface area contributed by atoms with E-state index in [0.717, 1.165) is 0 Å². The molecule has 4 aliphatic rings. The number of esters is 1. The molecule has 0 N–H and O–H groups in total. The van der Waals surface area contributed by atoms with Gasteiger partial charge in [-0.15, -0.1) is 0 Å². The fourth-order valence-electron chi connectivity index (χ4n) is 9.42. The third-order valence-corrected chi connectivity index (χ3v) is 12.2. The van der Waals surface area contributed by atoms with Crippen LogP contribution in [-0.4, -0.2) is 92.5 Å². The van der Waals surface area contributed by atoms with Gasteiger partial charge in [0.15, 0.2) is 11.3 Å². The van der Waals surface area contributed by atoms with Gasteiger partial charge in [-0.25, -0.2) is 13.6 Å². The van der Waals surface area contributed by atoms with Crippen molar-refractivity contribution in [2.45, 2.75) is 127 Å². The molecule has 20 heteroatoms. The second-order valence-corrected chi connectivity index (χ2v) is 16.2. The van der Waals surface area contributed by atoms with E-state index in [1.165, 1.54) is 41.7 Å². The van der Waals surface area contributed by atoms with Crippen molar-refractivity contribution in [3.8, 4) is 0 Å². The van der Waals surface area contributed by atoms with Gasteiger partial charge in [0, 0.05) is 7.11 Å². The highest BCUT2D eigenvalue weighted by Crippen LogP contribution is 2.69. The van der Waals surface area contributed by atoms with Crippen molar-refractivity contribution in [1.29, 1.82) is 0 Å². The minimum absolute atomic E-state index is 0.0133. The van der Waals surface area contributed by atoms with Crippen LogP contribution in [0.15, 0.2) is 0 Å². The normalized spacial score (nSPS) is 34.6. The van der Waals surface area contributed by atoms with Gasteiger partial charge < -0.3 is 23.7 Å². The first-order chi connectivity index (χ1) is 24.2. The second-order valence-electron chi connectivity index (χ2n) is 16.2. The summed E-state index contributed by atoms with van der Waals surface area (Å²) in [6.07, 6.45) is -26.1. The van der Waals surface area contributed by atoms with E-state index in [4.69, 9.17) is 4.74 Å². The Morgan fingerprint density at radius 2 is 0.981 bits per heavy atom. The third kappa shape index (κ3) is 7.80. The van der Waals surface area contributed by atoms with E-state index in [-0.39, 0.29) is 37.9 Å². The molecule has 4 saturated carbocycles. The largest absolute Gasteiger partial charge is 0.458 e. The molecule has 0 aromatic carbocycles. The van der Waals surface area contributed by atoms with Crippen LogP contribution in [0.3, 0.4) is 0 Å². The van der Waals surface area contributed by atoms with Gasteiger partial charge in [0.05, 0.1) is 13.2 Å². The Bertz CT molecular complexity index is 1260. The summed E-state index contributed by atoms with van der Waals surface area (Å²) >= 11 is 0. The average molecular weight is 819 g/mol. The first-order valence-corrected chi connectivity index (χ1v) is 17.4. The number of hydrogen-bond donors (Lipinski definition) is 0. The molecule has 4 rings (SSSR count). The van der Waals surface area contributed by atoms with Crippen LogP contribution < -0.4 is 0 Å². The standard InChI is InChI=1S/C18H25F7O3.C16H23F7O3/c1-9-10(2)12-6-11(9)7-15(12,19)16(17(20,21)22,18(23,24)25)27-8-13(26)28-14(3,4)5;1-9-10(2)12-6-11(9)7-13(12,17)14(15(18,19)20,16(21,22)23)26-8-25-5-4-24-3/h9-12H,6-8H2,1-5H3;9-12H,4-8H2,1-3H3. The molecule has 0 saturated heterocycles. The van der Waals surface area contributed by atoms with Crippen molar-refractivity contribution < 1.29 is 89.9 Å². The van der Waals surface area contributed by atoms with Crippen LogP contribution >= 0.6 is 0 Å². The minimum atomic E-state index is -6.12. The fraction of sp³-hybridized carbons (Fsp3) is 0.971. The summed E-state index contributed by atoms with van der Waals surface area (Å²) in [5.74, 6) is -7.07. The Balaban J connectivity index is 0.000000291. The molecular weight excluding hydrogens is 770 g/mol. The number of carbonyl (C=O) groups excluding carboxylic acids is 1. The fourth-order valence-corrected chi connectivity index (χ4v) is 9.42.